The third-order valence-electron chi connectivity index (χ3n) is 1.89. The summed E-state index contributed by atoms with van der Waals surface area (Å²) in [5, 5.41) is 18.2. The molecule has 1 rings (SSSR count). The normalized spacial score (nSPS) is 12.8. The third-order valence-corrected chi connectivity index (χ3v) is 2.42. The van der Waals surface area contributed by atoms with Crippen LogP contribution in [-0.4, -0.2) is 16.8 Å². The molecule has 3 heteroatoms. The number of aliphatic hydroxyl groups is 2. The Labute approximate surface area is 86.3 Å². The number of aliphatic hydroxyl groups excluding tert-OH is 2. The average molecular weight is 245 g/mol. The topological polar surface area (TPSA) is 40.5 Å². The molecule has 0 bridgehead atoms. The van der Waals surface area contributed by atoms with Crippen molar-refractivity contribution in [2.45, 2.75) is 18.9 Å². The second kappa shape index (κ2) is 5.37. The summed E-state index contributed by atoms with van der Waals surface area (Å²) in [6, 6.07) is 7.56. The molecule has 0 aliphatic carbocycles. The van der Waals surface area contributed by atoms with E-state index in [2.05, 4.69) is 15.9 Å². The Morgan fingerprint density at radius 1 is 1.23 bits per heavy atom. The molecular formula is C10H13BrO2. The van der Waals surface area contributed by atoms with Gasteiger partial charge in [0, 0.05) is 11.1 Å². The molecule has 1 aromatic rings. The van der Waals surface area contributed by atoms with Gasteiger partial charge in [0.05, 0.1) is 6.10 Å². The molecule has 0 saturated heterocycles. The van der Waals surface area contributed by atoms with Gasteiger partial charge in [-0.1, -0.05) is 28.1 Å². The lowest BCUT2D eigenvalue weighted by atomic mass is 10.1. The van der Waals surface area contributed by atoms with Crippen LogP contribution in [0.2, 0.25) is 0 Å². The molecule has 0 aromatic heterocycles. The second-order valence-corrected chi connectivity index (χ2v) is 3.85. The van der Waals surface area contributed by atoms with Gasteiger partial charge in [0.15, 0.2) is 0 Å². The minimum absolute atomic E-state index is 0.133. The van der Waals surface area contributed by atoms with Crippen molar-refractivity contribution >= 4 is 15.9 Å². The number of hydrogen-bond donors (Lipinski definition) is 2. The maximum atomic E-state index is 9.62. The molecule has 0 heterocycles. The van der Waals surface area contributed by atoms with Gasteiger partial charge < -0.3 is 10.2 Å². The van der Waals surface area contributed by atoms with Crippen LogP contribution >= 0.6 is 15.9 Å². The van der Waals surface area contributed by atoms with Gasteiger partial charge in [-0.25, -0.2) is 0 Å². The first-order chi connectivity index (χ1) is 6.24. The molecule has 13 heavy (non-hydrogen) atoms. The smallest absolute Gasteiger partial charge is 0.0790 e. The molecule has 2 N–H and O–H groups in total. The summed E-state index contributed by atoms with van der Waals surface area (Å²) in [5.41, 5.74) is 0.900. The molecule has 0 unspecified atom stereocenters. The van der Waals surface area contributed by atoms with E-state index in [-0.39, 0.29) is 6.61 Å². The van der Waals surface area contributed by atoms with Gasteiger partial charge >= 0.3 is 0 Å². The molecule has 0 aliphatic heterocycles. The summed E-state index contributed by atoms with van der Waals surface area (Å²) in [5.74, 6) is 0. The molecule has 0 saturated carbocycles. The molecule has 0 radical (unpaired) electrons. The number of rotatable bonds is 4. The largest absolute Gasteiger partial charge is 0.396 e. The Kier molecular flexibility index (Phi) is 4.42. The maximum Gasteiger partial charge on any atom is 0.0790 e. The first-order valence-corrected chi connectivity index (χ1v) is 5.07. The molecule has 0 fully saturated rings. The summed E-state index contributed by atoms with van der Waals surface area (Å²) < 4.78 is 1.01. The monoisotopic (exact) mass is 244 g/mol. The average Bonchev–Trinajstić information content (AvgIpc) is 2.15. The van der Waals surface area contributed by atoms with Crippen LogP contribution in [0.3, 0.4) is 0 Å². The van der Waals surface area contributed by atoms with Crippen molar-refractivity contribution in [3.05, 3.63) is 34.3 Å². The molecular weight excluding hydrogens is 232 g/mol. The highest BCUT2D eigenvalue weighted by molar-refractivity contribution is 9.10. The lowest BCUT2D eigenvalue weighted by molar-refractivity contribution is 0.152. The van der Waals surface area contributed by atoms with Gasteiger partial charge in [0.2, 0.25) is 0 Å². The molecule has 0 aliphatic rings. The van der Waals surface area contributed by atoms with E-state index in [0.717, 1.165) is 10.0 Å². The van der Waals surface area contributed by atoms with E-state index in [4.69, 9.17) is 5.11 Å². The first kappa shape index (κ1) is 10.7. The van der Waals surface area contributed by atoms with Crippen LogP contribution < -0.4 is 0 Å². The van der Waals surface area contributed by atoms with Crippen molar-refractivity contribution < 1.29 is 10.2 Å². The molecule has 2 nitrogen and oxygen atoms in total. The standard InChI is InChI=1S/C10H13BrO2/c11-9-5-3-8(4-6-9)10(13)2-1-7-12/h3-6,10,12-13H,1-2,7H2/t10-/m1/s1. The van der Waals surface area contributed by atoms with E-state index in [0.29, 0.717) is 12.8 Å². The summed E-state index contributed by atoms with van der Waals surface area (Å²) in [6.45, 7) is 0.133. The van der Waals surface area contributed by atoms with Crippen molar-refractivity contribution in [1.82, 2.24) is 0 Å². The minimum Gasteiger partial charge on any atom is -0.396 e. The van der Waals surface area contributed by atoms with E-state index < -0.39 is 6.10 Å². The molecule has 1 aromatic carbocycles. The van der Waals surface area contributed by atoms with Crippen LogP contribution in [0, 0.1) is 0 Å². The van der Waals surface area contributed by atoms with Crippen LogP contribution in [0.1, 0.15) is 24.5 Å². The quantitative estimate of drug-likeness (QED) is 0.854. The Morgan fingerprint density at radius 3 is 2.38 bits per heavy atom. The fourth-order valence-electron chi connectivity index (χ4n) is 1.14. The highest BCUT2D eigenvalue weighted by atomic mass is 79.9. The number of halogens is 1. The van der Waals surface area contributed by atoms with Gasteiger partial charge in [-0.15, -0.1) is 0 Å². The van der Waals surface area contributed by atoms with E-state index in [1.54, 1.807) is 0 Å². The maximum absolute atomic E-state index is 9.62. The molecule has 0 spiro atoms. The summed E-state index contributed by atoms with van der Waals surface area (Å²) >= 11 is 3.33. The minimum atomic E-state index is -0.458. The van der Waals surface area contributed by atoms with Gasteiger partial charge in [-0.3, -0.25) is 0 Å². The lowest BCUT2D eigenvalue weighted by Gasteiger charge is -2.09. The third kappa shape index (κ3) is 3.46. The van der Waals surface area contributed by atoms with E-state index >= 15 is 0 Å². The van der Waals surface area contributed by atoms with Crippen LogP contribution in [0.4, 0.5) is 0 Å². The zero-order valence-electron chi connectivity index (χ0n) is 7.28. The molecule has 0 amide bonds. The number of hydrogen-bond acceptors (Lipinski definition) is 2. The van der Waals surface area contributed by atoms with Crippen LogP contribution in [0.5, 0.6) is 0 Å². The van der Waals surface area contributed by atoms with Gasteiger partial charge in [-0.05, 0) is 30.5 Å². The Bertz CT molecular complexity index is 246. The van der Waals surface area contributed by atoms with Crippen LogP contribution in [0.15, 0.2) is 28.7 Å². The fourth-order valence-corrected chi connectivity index (χ4v) is 1.40. The Hall–Kier alpha value is -0.380. The van der Waals surface area contributed by atoms with E-state index in [1.807, 2.05) is 24.3 Å². The second-order valence-electron chi connectivity index (χ2n) is 2.93. The highest BCUT2D eigenvalue weighted by Crippen LogP contribution is 2.20. The van der Waals surface area contributed by atoms with Crippen molar-refractivity contribution in [2.24, 2.45) is 0 Å². The van der Waals surface area contributed by atoms with Gasteiger partial charge in [0.1, 0.15) is 0 Å². The van der Waals surface area contributed by atoms with Crippen molar-refractivity contribution in [2.75, 3.05) is 6.61 Å². The van der Waals surface area contributed by atoms with Crippen molar-refractivity contribution in [1.29, 1.82) is 0 Å². The molecule has 1 atom stereocenters. The first-order valence-electron chi connectivity index (χ1n) is 4.28. The van der Waals surface area contributed by atoms with Gasteiger partial charge in [0.25, 0.3) is 0 Å². The van der Waals surface area contributed by atoms with Gasteiger partial charge in [-0.2, -0.15) is 0 Å². The van der Waals surface area contributed by atoms with Crippen LogP contribution in [-0.2, 0) is 0 Å². The van der Waals surface area contributed by atoms with E-state index in [9.17, 15) is 5.11 Å². The van der Waals surface area contributed by atoms with Crippen molar-refractivity contribution in [3.63, 3.8) is 0 Å². The fraction of sp³-hybridized carbons (Fsp3) is 0.400. The number of benzene rings is 1. The zero-order chi connectivity index (χ0) is 9.68. The summed E-state index contributed by atoms with van der Waals surface area (Å²) in [4.78, 5) is 0. The lowest BCUT2D eigenvalue weighted by Crippen LogP contribution is -1.98. The summed E-state index contributed by atoms with van der Waals surface area (Å²) in [7, 11) is 0. The van der Waals surface area contributed by atoms with Crippen LogP contribution in [0.25, 0.3) is 0 Å². The zero-order valence-corrected chi connectivity index (χ0v) is 8.87. The molecule has 72 valence electrons. The Balaban J connectivity index is 2.55. The Morgan fingerprint density at radius 2 is 1.85 bits per heavy atom. The summed E-state index contributed by atoms with van der Waals surface area (Å²) in [6.07, 6.45) is 0.787. The van der Waals surface area contributed by atoms with E-state index in [1.165, 1.54) is 0 Å². The predicted molar refractivity (Wildman–Crippen MR) is 55.4 cm³/mol. The predicted octanol–water partition coefficient (Wildman–Crippen LogP) is 2.25. The highest BCUT2D eigenvalue weighted by Gasteiger charge is 2.05. The van der Waals surface area contributed by atoms with Crippen molar-refractivity contribution in [3.8, 4) is 0 Å². The SMILES string of the molecule is OCCC[C@@H](O)c1ccc(Br)cc1.